The second kappa shape index (κ2) is 11.4. The Morgan fingerprint density at radius 1 is 0.756 bits per heavy atom. The zero-order chi connectivity index (χ0) is 30.2. The Bertz CT molecular complexity index is 2120. The van der Waals surface area contributed by atoms with Crippen LogP contribution in [0, 0.1) is 5.92 Å². The number of fused-ring (bicyclic) bond motifs is 2. The molecule has 1 aromatic heterocycles. The summed E-state index contributed by atoms with van der Waals surface area (Å²) in [5.74, 6) is 0.362. The van der Waals surface area contributed by atoms with Gasteiger partial charge in [0.25, 0.3) is 0 Å². The summed E-state index contributed by atoms with van der Waals surface area (Å²) in [4.78, 5) is 8.59. The molecule has 5 aromatic rings. The zero-order valence-corrected chi connectivity index (χ0v) is 25.7. The first-order valence-corrected chi connectivity index (χ1v) is 16.1. The third kappa shape index (κ3) is 5.01. The normalized spacial score (nSPS) is 20.9. The largest absolute Gasteiger partial charge is 0.269 e. The number of nitrogens with zero attached hydrogens (tertiary/aromatic N) is 2. The van der Waals surface area contributed by atoms with E-state index in [9.17, 15) is 0 Å². The van der Waals surface area contributed by atoms with E-state index in [1.165, 1.54) is 66.1 Å². The molecule has 0 saturated heterocycles. The fourth-order valence-electron chi connectivity index (χ4n) is 7.58. The number of aliphatic imine (C=N–C) groups is 1. The molecule has 1 aliphatic heterocycles. The first-order valence-electron chi connectivity index (χ1n) is 16.1. The van der Waals surface area contributed by atoms with Gasteiger partial charge in [0.05, 0.1) is 0 Å². The summed E-state index contributed by atoms with van der Waals surface area (Å²) in [5, 5.41) is 5.29. The average Bonchev–Trinajstić information content (AvgIpc) is 3.11. The van der Waals surface area contributed by atoms with Gasteiger partial charge in [0.1, 0.15) is 0 Å². The fourth-order valence-corrected chi connectivity index (χ4v) is 7.58. The maximum atomic E-state index is 4.35. The Morgan fingerprint density at radius 2 is 1.60 bits per heavy atom. The van der Waals surface area contributed by atoms with E-state index < -0.39 is 0 Å². The predicted octanol–water partition coefficient (Wildman–Crippen LogP) is 11.2. The van der Waals surface area contributed by atoms with Gasteiger partial charge < -0.3 is 0 Å². The standard InChI is InChI=1S/C43H36N2/c1-43(22-8-13-36(29-43)32-20-25-45-26-21-32)42-39-15-6-5-14-37(39)41(35-12-7-11-33(27-35)31-18-23-44-24-19-31)38-17-16-34(28-40(38)42)30-9-3-2-4-10-30/h2-3,5-9,11-20,23-29,32H,4,10,21-22H2,1H3. The highest BCUT2D eigenvalue weighted by atomic mass is 14.7. The molecule has 45 heavy (non-hydrogen) atoms. The van der Waals surface area contributed by atoms with Crippen molar-refractivity contribution < 1.29 is 0 Å². The molecular formula is C43H36N2. The number of allylic oxidation sites excluding steroid dienone is 9. The number of pyridine rings is 1. The molecule has 2 unspecified atom stereocenters. The molecular weight excluding hydrogens is 544 g/mol. The number of aromatic nitrogens is 1. The third-order valence-electron chi connectivity index (χ3n) is 9.78. The van der Waals surface area contributed by atoms with Crippen molar-refractivity contribution in [2.24, 2.45) is 10.9 Å². The monoisotopic (exact) mass is 580 g/mol. The summed E-state index contributed by atoms with van der Waals surface area (Å²) in [5.41, 5.74) is 10.3. The van der Waals surface area contributed by atoms with Crippen LogP contribution < -0.4 is 0 Å². The van der Waals surface area contributed by atoms with Crippen molar-refractivity contribution in [3.05, 3.63) is 157 Å². The van der Waals surface area contributed by atoms with E-state index in [4.69, 9.17) is 0 Å². The van der Waals surface area contributed by atoms with Gasteiger partial charge in [0.2, 0.25) is 0 Å². The van der Waals surface area contributed by atoms with Crippen LogP contribution in [0.3, 0.4) is 0 Å². The van der Waals surface area contributed by atoms with Crippen LogP contribution in [0.4, 0.5) is 0 Å². The molecule has 8 rings (SSSR count). The van der Waals surface area contributed by atoms with E-state index in [1.807, 2.05) is 24.8 Å². The minimum atomic E-state index is -0.165. The van der Waals surface area contributed by atoms with Gasteiger partial charge in [-0.15, -0.1) is 0 Å². The lowest BCUT2D eigenvalue weighted by Gasteiger charge is -2.34. The van der Waals surface area contributed by atoms with Crippen molar-refractivity contribution in [1.82, 2.24) is 4.98 Å². The highest BCUT2D eigenvalue weighted by Crippen LogP contribution is 2.48. The fraction of sp³-hybridized carbons (Fsp3) is 0.163. The lowest BCUT2D eigenvalue weighted by molar-refractivity contribution is 0.593. The van der Waals surface area contributed by atoms with E-state index in [0.29, 0.717) is 5.92 Å². The second-order valence-corrected chi connectivity index (χ2v) is 12.7. The van der Waals surface area contributed by atoms with Gasteiger partial charge in [-0.2, -0.15) is 0 Å². The molecule has 2 heterocycles. The summed E-state index contributed by atoms with van der Waals surface area (Å²) in [7, 11) is 0. The second-order valence-electron chi connectivity index (χ2n) is 12.7. The Balaban J connectivity index is 1.42. The number of rotatable bonds is 5. The predicted molar refractivity (Wildman–Crippen MR) is 191 cm³/mol. The van der Waals surface area contributed by atoms with Crippen molar-refractivity contribution in [2.75, 3.05) is 0 Å². The van der Waals surface area contributed by atoms with Crippen molar-refractivity contribution in [1.29, 1.82) is 0 Å². The maximum Gasteiger partial charge on any atom is 0.0273 e. The molecule has 0 amide bonds. The highest BCUT2D eigenvalue weighted by Gasteiger charge is 2.32. The summed E-state index contributed by atoms with van der Waals surface area (Å²) >= 11 is 0. The summed E-state index contributed by atoms with van der Waals surface area (Å²) in [6.07, 6.45) is 28.1. The average molecular weight is 581 g/mol. The Morgan fingerprint density at radius 3 is 2.42 bits per heavy atom. The Kier molecular flexibility index (Phi) is 6.99. The van der Waals surface area contributed by atoms with Crippen LogP contribution in [0.25, 0.3) is 49.4 Å². The minimum absolute atomic E-state index is 0.165. The van der Waals surface area contributed by atoms with Crippen LogP contribution >= 0.6 is 0 Å². The van der Waals surface area contributed by atoms with Gasteiger partial charge in [-0.3, -0.25) is 9.98 Å². The molecule has 0 fully saturated rings. The van der Waals surface area contributed by atoms with Crippen LogP contribution in [0.5, 0.6) is 0 Å². The molecule has 0 radical (unpaired) electrons. The lowest BCUT2D eigenvalue weighted by atomic mass is 9.69. The minimum Gasteiger partial charge on any atom is -0.269 e. The summed E-state index contributed by atoms with van der Waals surface area (Å²) < 4.78 is 0. The Labute approximate surface area is 265 Å². The molecule has 0 saturated carbocycles. The van der Waals surface area contributed by atoms with Gasteiger partial charge in [0, 0.05) is 36.1 Å². The van der Waals surface area contributed by atoms with Crippen LogP contribution in [0.1, 0.15) is 43.7 Å². The zero-order valence-electron chi connectivity index (χ0n) is 25.7. The van der Waals surface area contributed by atoms with E-state index >= 15 is 0 Å². The molecule has 0 spiro atoms. The van der Waals surface area contributed by atoms with Gasteiger partial charge in [-0.25, -0.2) is 0 Å². The van der Waals surface area contributed by atoms with Crippen molar-refractivity contribution in [2.45, 2.75) is 38.0 Å². The lowest BCUT2D eigenvalue weighted by Crippen LogP contribution is -2.23. The molecule has 0 bridgehead atoms. The molecule has 4 aromatic carbocycles. The van der Waals surface area contributed by atoms with Gasteiger partial charge in [0.15, 0.2) is 0 Å². The van der Waals surface area contributed by atoms with E-state index in [2.05, 4.69) is 138 Å². The van der Waals surface area contributed by atoms with Crippen molar-refractivity contribution >= 4 is 33.3 Å². The quantitative estimate of drug-likeness (QED) is 0.190. The SMILES string of the molecule is CC1(c2c3ccccc3c(-c3cccc(-c4ccncc4)c3)c3ccc(C4=CC=CCC4)cc23)C=C(C2C=CN=CC2)C=CC1. The topological polar surface area (TPSA) is 25.2 Å². The molecule has 218 valence electrons. The molecule has 0 N–H and O–H groups in total. The van der Waals surface area contributed by atoms with Crippen molar-refractivity contribution in [3.8, 4) is 22.3 Å². The number of benzene rings is 4. The first-order chi connectivity index (χ1) is 22.2. The van der Waals surface area contributed by atoms with E-state index in [0.717, 1.165) is 25.7 Å². The van der Waals surface area contributed by atoms with E-state index in [1.54, 1.807) is 0 Å². The summed E-state index contributed by atoms with van der Waals surface area (Å²) in [6.45, 7) is 2.44. The van der Waals surface area contributed by atoms with Crippen LogP contribution in [-0.4, -0.2) is 11.2 Å². The van der Waals surface area contributed by atoms with Crippen LogP contribution in [0.15, 0.2) is 151 Å². The van der Waals surface area contributed by atoms with Gasteiger partial charge >= 0.3 is 0 Å². The molecule has 2 aliphatic carbocycles. The maximum absolute atomic E-state index is 4.35. The van der Waals surface area contributed by atoms with Crippen LogP contribution in [0.2, 0.25) is 0 Å². The van der Waals surface area contributed by atoms with Crippen LogP contribution in [-0.2, 0) is 5.41 Å². The highest BCUT2D eigenvalue weighted by molar-refractivity contribution is 6.16. The molecule has 3 aliphatic rings. The molecule has 2 atom stereocenters. The number of hydrogen-bond donors (Lipinski definition) is 0. The first kappa shape index (κ1) is 27.5. The smallest absolute Gasteiger partial charge is 0.0273 e. The molecule has 2 nitrogen and oxygen atoms in total. The third-order valence-corrected chi connectivity index (χ3v) is 9.78. The Hall–Kier alpha value is -5.08. The van der Waals surface area contributed by atoms with E-state index in [-0.39, 0.29) is 5.41 Å². The van der Waals surface area contributed by atoms with Gasteiger partial charge in [-0.05, 0) is 116 Å². The van der Waals surface area contributed by atoms with Crippen molar-refractivity contribution in [3.63, 3.8) is 0 Å². The molecule has 2 heteroatoms. The summed E-state index contributed by atoms with van der Waals surface area (Å²) in [6, 6.07) is 29.5. The number of hydrogen-bond acceptors (Lipinski definition) is 2. The van der Waals surface area contributed by atoms with Gasteiger partial charge in [-0.1, -0.05) is 104 Å².